The first kappa shape index (κ1) is 12.6. The van der Waals surface area contributed by atoms with E-state index in [4.69, 9.17) is 4.42 Å². The van der Waals surface area contributed by atoms with Gasteiger partial charge in [-0.25, -0.2) is 13.1 Å². The largest absolute Gasteiger partial charge is 0.451 e. The molecule has 1 aromatic carbocycles. The van der Waals surface area contributed by atoms with Crippen molar-refractivity contribution in [1.82, 2.24) is 4.72 Å². The average Bonchev–Trinajstić information content (AvgIpc) is 2.71. The summed E-state index contributed by atoms with van der Waals surface area (Å²) in [6.07, 6.45) is 0. The van der Waals surface area contributed by atoms with E-state index < -0.39 is 15.9 Å². The number of nitrogens with one attached hydrogen (secondary N) is 1. The lowest BCUT2D eigenvalue weighted by molar-refractivity contribution is 0.0956. The molecule has 1 N–H and O–H groups in total. The maximum Gasteiger partial charge on any atom is 0.300 e. The topological polar surface area (TPSA) is 76.4 Å². The van der Waals surface area contributed by atoms with Gasteiger partial charge in [-0.15, -0.1) is 0 Å². The van der Waals surface area contributed by atoms with Crippen LogP contribution in [0.15, 0.2) is 28.7 Å². The Morgan fingerprint density at radius 3 is 2.72 bits per heavy atom. The number of hydrogen-bond acceptors (Lipinski definition) is 4. The second-order valence-corrected chi connectivity index (χ2v) is 6.00. The first-order valence-corrected chi connectivity index (χ1v) is 7.11. The molecular weight excluding hydrogens is 254 g/mol. The molecule has 2 aromatic rings. The summed E-state index contributed by atoms with van der Waals surface area (Å²) in [7, 11) is -3.57. The molecule has 0 aliphatic rings. The zero-order chi connectivity index (χ0) is 13.3. The Balaban J connectivity index is 2.34. The van der Waals surface area contributed by atoms with Crippen LogP contribution in [0.3, 0.4) is 0 Å². The third-order valence-electron chi connectivity index (χ3n) is 2.52. The molecule has 18 heavy (non-hydrogen) atoms. The molecule has 0 unspecified atom stereocenters. The van der Waals surface area contributed by atoms with Gasteiger partial charge in [-0.3, -0.25) is 4.79 Å². The van der Waals surface area contributed by atoms with Gasteiger partial charge < -0.3 is 4.42 Å². The van der Waals surface area contributed by atoms with Crippen LogP contribution in [0.1, 0.15) is 23.0 Å². The van der Waals surface area contributed by atoms with Crippen molar-refractivity contribution in [2.45, 2.75) is 13.8 Å². The van der Waals surface area contributed by atoms with E-state index in [1.165, 1.54) is 13.0 Å². The van der Waals surface area contributed by atoms with Crippen LogP contribution in [0.2, 0.25) is 0 Å². The Kier molecular flexibility index (Phi) is 3.13. The fourth-order valence-corrected chi connectivity index (χ4v) is 2.07. The molecule has 0 spiro atoms. The fraction of sp³-hybridized carbons (Fsp3) is 0.250. The quantitative estimate of drug-likeness (QED) is 0.920. The highest BCUT2D eigenvalue weighted by Gasteiger charge is 2.17. The maximum absolute atomic E-state index is 11.7. The number of carbonyl (C=O) groups excluding carboxylic acids is 1. The number of amides is 1. The Bertz CT molecular complexity index is 700. The summed E-state index contributed by atoms with van der Waals surface area (Å²) in [5.74, 6) is -0.906. The third-order valence-corrected chi connectivity index (χ3v) is 3.78. The van der Waals surface area contributed by atoms with E-state index in [9.17, 15) is 13.2 Å². The molecule has 0 aliphatic heterocycles. The Morgan fingerprint density at radius 2 is 2.06 bits per heavy atom. The number of hydrogen-bond donors (Lipinski definition) is 1. The van der Waals surface area contributed by atoms with Crippen molar-refractivity contribution in [2.24, 2.45) is 0 Å². The van der Waals surface area contributed by atoms with Crippen molar-refractivity contribution in [2.75, 3.05) is 5.75 Å². The van der Waals surface area contributed by atoms with Crippen molar-refractivity contribution in [3.63, 3.8) is 0 Å². The van der Waals surface area contributed by atoms with Gasteiger partial charge in [0.05, 0.1) is 5.75 Å². The number of furan rings is 1. The van der Waals surface area contributed by atoms with Gasteiger partial charge in [0.15, 0.2) is 5.76 Å². The Labute approximate surface area is 105 Å². The van der Waals surface area contributed by atoms with Crippen LogP contribution in [0.5, 0.6) is 0 Å². The molecule has 0 atom stereocenters. The van der Waals surface area contributed by atoms with E-state index in [0.717, 1.165) is 10.9 Å². The first-order valence-electron chi connectivity index (χ1n) is 5.46. The first-order chi connectivity index (χ1) is 8.41. The molecule has 1 heterocycles. The number of aryl methyl sites for hydroxylation is 1. The summed E-state index contributed by atoms with van der Waals surface area (Å²) in [6, 6.07) is 7.00. The van der Waals surface area contributed by atoms with E-state index >= 15 is 0 Å². The monoisotopic (exact) mass is 267 g/mol. The van der Waals surface area contributed by atoms with Crippen LogP contribution in [-0.4, -0.2) is 20.1 Å². The van der Waals surface area contributed by atoms with Crippen LogP contribution in [0.25, 0.3) is 11.0 Å². The SMILES string of the molecule is CCS(=O)(=O)NC(=O)c1cc2cc(C)ccc2o1. The molecule has 0 bridgehead atoms. The van der Waals surface area contributed by atoms with E-state index in [1.54, 1.807) is 6.07 Å². The maximum atomic E-state index is 11.7. The summed E-state index contributed by atoms with van der Waals surface area (Å²) in [6.45, 7) is 3.38. The summed E-state index contributed by atoms with van der Waals surface area (Å²) >= 11 is 0. The molecule has 0 saturated carbocycles. The van der Waals surface area contributed by atoms with Crippen LogP contribution in [-0.2, 0) is 10.0 Å². The third kappa shape index (κ3) is 2.53. The predicted octanol–water partition coefficient (Wildman–Crippen LogP) is 1.82. The lowest BCUT2D eigenvalue weighted by Crippen LogP contribution is -2.31. The number of rotatable bonds is 3. The van der Waals surface area contributed by atoms with Gasteiger partial charge >= 0.3 is 0 Å². The van der Waals surface area contributed by atoms with E-state index in [0.29, 0.717) is 5.58 Å². The molecule has 6 heteroatoms. The Morgan fingerprint density at radius 1 is 1.33 bits per heavy atom. The minimum Gasteiger partial charge on any atom is -0.451 e. The second-order valence-electron chi connectivity index (χ2n) is 3.99. The molecule has 0 radical (unpaired) electrons. The van der Waals surface area contributed by atoms with Gasteiger partial charge in [0.1, 0.15) is 5.58 Å². The highest BCUT2D eigenvalue weighted by atomic mass is 32.2. The van der Waals surface area contributed by atoms with Gasteiger partial charge in [-0.1, -0.05) is 11.6 Å². The molecule has 0 saturated heterocycles. The van der Waals surface area contributed by atoms with Crippen molar-refractivity contribution in [1.29, 1.82) is 0 Å². The van der Waals surface area contributed by atoms with Crippen LogP contribution in [0, 0.1) is 6.92 Å². The van der Waals surface area contributed by atoms with Crippen molar-refractivity contribution in [3.8, 4) is 0 Å². The van der Waals surface area contributed by atoms with Gasteiger partial charge in [0, 0.05) is 5.39 Å². The molecule has 1 amide bonds. The molecule has 96 valence electrons. The van der Waals surface area contributed by atoms with Gasteiger partial charge in [-0.05, 0) is 32.0 Å². The molecule has 0 aliphatic carbocycles. The molecule has 1 aromatic heterocycles. The summed E-state index contributed by atoms with van der Waals surface area (Å²) in [5.41, 5.74) is 1.59. The number of benzene rings is 1. The zero-order valence-electron chi connectivity index (χ0n) is 10.1. The lowest BCUT2D eigenvalue weighted by atomic mass is 10.2. The van der Waals surface area contributed by atoms with Gasteiger partial charge in [0.25, 0.3) is 5.91 Å². The van der Waals surface area contributed by atoms with Crippen molar-refractivity contribution < 1.29 is 17.6 Å². The standard InChI is InChI=1S/C12H13NO4S/c1-3-18(15,16)13-12(14)11-7-9-6-8(2)4-5-10(9)17-11/h4-7H,3H2,1-2H3,(H,13,14). The minimum absolute atomic E-state index is 0.00683. The summed E-state index contributed by atoms with van der Waals surface area (Å²) < 4.78 is 29.8. The highest BCUT2D eigenvalue weighted by molar-refractivity contribution is 7.90. The van der Waals surface area contributed by atoms with Crippen LogP contribution >= 0.6 is 0 Å². The second kappa shape index (κ2) is 4.45. The van der Waals surface area contributed by atoms with Crippen molar-refractivity contribution in [3.05, 3.63) is 35.6 Å². The normalized spacial score (nSPS) is 11.7. The average molecular weight is 267 g/mol. The molecular formula is C12H13NO4S. The van der Waals surface area contributed by atoms with E-state index in [-0.39, 0.29) is 11.5 Å². The minimum atomic E-state index is -3.57. The predicted molar refractivity (Wildman–Crippen MR) is 67.9 cm³/mol. The number of sulfonamides is 1. The van der Waals surface area contributed by atoms with Crippen LogP contribution in [0.4, 0.5) is 0 Å². The molecule has 2 rings (SSSR count). The summed E-state index contributed by atoms with van der Waals surface area (Å²) in [4.78, 5) is 11.7. The highest BCUT2D eigenvalue weighted by Crippen LogP contribution is 2.20. The van der Waals surface area contributed by atoms with E-state index in [1.807, 2.05) is 23.8 Å². The summed E-state index contributed by atoms with van der Waals surface area (Å²) in [5, 5.41) is 0.772. The van der Waals surface area contributed by atoms with Gasteiger partial charge in [-0.2, -0.15) is 0 Å². The van der Waals surface area contributed by atoms with Crippen molar-refractivity contribution >= 4 is 26.9 Å². The van der Waals surface area contributed by atoms with Crippen LogP contribution < -0.4 is 4.72 Å². The fourth-order valence-electron chi connectivity index (χ4n) is 1.54. The van der Waals surface area contributed by atoms with E-state index in [2.05, 4.69) is 0 Å². The Hall–Kier alpha value is -1.82. The smallest absolute Gasteiger partial charge is 0.300 e. The number of fused-ring (bicyclic) bond motifs is 1. The molecule has 5 nitrogen and oxygen atoms in total. The van der Waals surface area contributed by atoms with Gasteiger partial charge in [0.2, 0.25) is 10.0 Å². The number of carbonyl (C=O) groups is 1. The lowest BCUT2D eigenvalue weighted by Gasteiger charge is -2.01. The zero-order valence-corrected chi connectivity index (χ0v) is 10.9. The molecule has 0 fully saturated rings.